The summed E-state index contributed by atoms with van der Waals surface area (Å²) < 4.78 is 9.94. The Kier molecular flexibility index (Phi) is 7.79. The first-order valence-corrected chi connectivity index (χ1v) is 10.0. The molecule has 2 aromatic carbocycles. The van der Waals surface area contributed by atoms with E-state index in [1.54, 1.807) is 36.4 Å². The van der Waals surface area contributed by atoms with Crippen LogP contribution in [0.25, 0.3) is 6.08 Å². The maximum Gasteiger partial charge on any atom is 0.336 e. The smallest absolute Gasteiger partial charge is 0.336 e. The number of rotatable bonds is 8. The van der Waals surface area contributed by atoms with Crippen LogP contribution in [0.3, 0.4) is 0 Å². The van der Waals surface area contributed by atoms with Gasteiger partial charge in [0.1, 0.15) is 5.75 Å². The van der Waals surface area contributed by atoms with Gasteiger partial charge < -0.3 is 9.47 Å². The number of carbonyl (C=O) groups is 2. The third-order valence-corrected chi connectivity index (χ3v) is 4.48. The first-order chi connectivity index (χ1) is 16.3. The van der Waals surface area contributed by atoms with Crippen molar-refractivity contribution in [2.75, 3.05) is 0 Å². The summed E-state index contributed by atoms with van der Waals surface area (Å²) in [5.41, 5.74) is -0.366. The van der Waals surface area contributed by atoms with E-state index in [1.807, 2.05) is 12.2 Å². The van der Waals surface area contributed by atoms with Gasteiger partial charge in [-0.05, 0) is 36.1 Å². The molecule has 0 aliphatic heterocycles. The van der Waals surface area contributed by atoms with Crippen LogP contribution in [0.5, 0.6) is 11.5 Å². The van der Waals surface area contributed by atoms with Crippen molar-refractivity contribution < 1.29 is 28.9 Å². The van der Waals surface area contributed by atoms with E-state index in [9.17, 15) is 29.8 Å². The van der Waals surface area contributed by atoms with Crippen LogP contribution in [0, 0.1) is 20.2 Å². The topological polar surface area (TPSA) is 139 Å². The molecular formula is C24H18N2O8. The molecule has 1 aliphatic rings. The summed E-state index contributed by atoms with van der Waals surface area (Å²) in [6.07, 6.45) is 12.2. The molecule has 0 unspecified atom stereocenters. The van der Waals surface area contributed by atoms with Crippen molar-refractivity contribution in [1.82, 2.24) is 0 Å². The monoisotopic (exact) mass is 462 g/mol. The second-order valence-electron chi connectivity index (χ2n) is 6.91. The Labute approximate surface area is 193 Å². The summed E-state index contributed by atoms with van der Waals surface area (Å²) in [6, 6.07) is 10.3. The number of esters is 2. The van der Waals surface area contributed by atoms with E-state index in [4.69, 9.17) is 9.47 Å². The molecule has 0 saturated heterocycles. The highest BCUT2D eigenvalue weighted by molar-refractivity contribution is 5.89. The summed E-state index contributed by atoms with van der Waals surface area (Å²) in [4.78, 5) is 45.4. The lowest BCUT2D eigenvalue weighted by Crippen LogP contribution is -2.10. The minimum absolute atomic E-state index is 0.450. The number of ether oxygens (including phenoxy) is 2. The lowest BCUT2D eigenvalue weighted by Gasteiger charge is -2.07. The van der Waals surface area contributed by atoms with E-state index >= 15 is 0 Å². The molecule has 10 heteroatoms. The Morgan fingerprint density at radius 3 is 2.06 bits per heavy atom. The van der Waals surface area contributed by atoms with E-state index in [0.717, 1.165) is 42.7 Å². The average molecular weight is 462 g/mol. The predicted molar refractivity (Wildman–Crippen MR) is 122 cm³/mol. The van der Waals surface area contributed by atoms with Crippen LogP contribution in [0.1, 0.15) is 18.4 Å². The number of allylic oxidation sites excluding steroid dienone is 5. The second kappa shape index (κ2) is 11.1. The van der Waals surface area contributed by atoms with Gasteiger partial charge in [0.25, 0.3) is 5.75 Å². The molecule has 0 spiro atoms. The van der Waals surface area contributed by atoms with Gasteiger partial charge in [-0.15, -0.1) is 0 Å². The van der Waals surface area contributed by atoms with E-state index < -0.39 is 44.7 Å². The number of nitro groups is 2. The van der Waals surface area contributed by atoms with E-state index in [1.165, 1.54) is 12.2 Å². The SMILES string of the molecule is O=C(/C=C/c1ccccc1)Oc1cc([N+](=O)[O-])c(OC(=O)/C=C/C2=CCCC=C2)c([N+](=O)[O-])c1. The maximum atomic E-state index is 12.2. The molecule has 10 nitrogen and oxygen atoms in total. The molecule has 1 aliphatic carbocycles. The summed E-state index contributed by atoms with van der Waals surface area (Å²) >= 11 is 0. The van der Waals surface area contributed by atoms with Crippen LogP contribution in [-0.4, -0.2) is 21.8 Å². The van der Waals surface area contributed by atoms with E-state index in [-0.39, 0.29) is 0 Å². The summed E-state index contributed by atoms with van der Waals surface area (Å²) in [5, 5.41) is 23.1. The molecular weight excluding hydrogens is 444 g/mol. The first kappa shape index (κ1) is 23.8. The molecule has 0 fully saturated rings. The van der Waals surface area contributed by atoms with Crippen molar-refractivity contribution in [3.63, 3.8) is 0 Å². The number of nitro benzene ring substituents is 2. The van der Waals surface area contributed by atoms with Gasteiger partial charge in [-0.1, -0.05) is 48.6 Å². The highest BCUT2D eigenvalue weighted by atomic mass is 16.6. The van der Waals surface area contributed by atoms with Crippen molar-refractivity contribution in [2.45, 2.75) is 12.8 Å². The molecule has 0 radical (unpaired) electrons. The Morgan fingerprint density at radius 1 is 0.853 bits per heavy atom. The lowest BCUT2D eigenvalue weighted by molar-refractivity contribution is -0.395. The van der Waals surface area contributed by atoms with Crippen LogP contribution in [0.15, 0.2) is 84.5 Å². The Balaban J connectivity index is 1.84. The Morgan fingerprint density at radius 2 is 1.47 bits per heavy atom. The molecule has 0 amide bonds. The number of hydrogen-bond acceptors (Lipinski definition) is 8. The summed E-state index contributed by atoms with van der Waals surface area (Å²) in [6.45, 7) is 0. The quantitative estimate of drug-likeness (QED) is 0.178. The van der Waals surface area contributed by atoms with Crippen LogP contribution >= 0.6 is 0 Å². The molecule has 0 heterocycles. The van der Waals surface area contributed by atoms with Gasteiger partial charge in [-0.3, -0.25) is 20.2 Å². The van der Waals surface area contributed by atoms with Crippen molar-refractivity contribution in [3.05, 3.63) is 110 Å². The molecule has 0 saturated carbocycles. The average Bonchev–Trinajstić information content (AvgIpc) is 2.83. The molecule has 0 N–H and O–H groups in total. The third kappa shape index (κ3) is 6.57. The zero-order chi connectivity index (χ0) is 24.5. The molecule has 3 rings (SSSR count). The van der Waals surface area contributed by atoms with Crippen molar-refractivity contribution >= 4 is 29.4 Å². The van der Waals surface area contributed by atoms with Crippen molar-refractivity contribution in [3.8, 4) is 11.5 Å². The normalized spacial score (nSPS) is 13.0. The van der Waals surface area contributed by atoms with Gasteiger partial charge >= 0.3 is 23.3 Å². The maximum absolute atomic E-state index is 12.2. The van der Waals surface area contributed by atoms with E-state index in [2.05, 4.69) is 0 Å². The lowest BCUT2D eigenvalue weighted by atomic mass is 10.1. The Hall–Kier alpha value is -4.86. The summed E-state index contributed by atoms with van der Waals surface area (Å²) in [5.74, 6) is -3.26. The molecule has 0 bridgehead atoms. The van der Waals surface area contributed by atoms with Gasteiger partial charge in [0.2, 0.25) is 0 Å². The van der Waals surface area contributed by atoms with Crippen LogP contribution in [-0.2, 0) is 9.59 Å². The highest BCUT2D eigenvalue weighted by Crippen LogP contribution is 2.40. The van der Waals surface area contributed by atoms with Gasteiger partial charge in [0.05, 0.1) is 22.0 Å². The number of carbonyl (C=O) groups excluding carboxylic acids is 2. The Bertz CT molecular complexity index is 1210. The van der Waals surface area contributed by atoms with Gasteiger partial charge in [-0.25, -0.2) is 9.59 Å². The number of benzene rings is 2. The molecule has 172 valence electrons. The molecule has 0 atom stereocenters. The standard InChI is InChI=1S/C24H18N2O8/c27-22(13-11-17-7-3-1-4-8-17)33-19-15-20(25(29)30)24(21(16-19)26(31)32)34-23(28)14-12-18-9-5-2-6-10-18/h1,3-5,7-16H,2,6H2/b13-11+,14-12+. The van der Waals surface area contributed by atoms with Gasteiger partial charge in [-0.2, -0.15) is 0 Å². The van der Waals surface area contributed by atoms with Crippen LogP contribution in [0.2, 0.25) is 0 Å². The minimum atomic E-state index is -1.04. The fourth-order valence-corrected chi connectivity index (χ4v) is 2.94. The van der Waals surface area contributed by atoms with Crippen molar-refractivity contribution in [2.24, 2.45) is 0 Å². The zero-order valence-electron chi connectivity index (χ0n) is 17.7. The number of nitrogens with zero attached hydrogens (tertiary/aromatic N) is 2. The predicted octanol–water partition coefficient (Wildman–Crippen LogP) is 4.86. The van der Waals surface area contributed by atoms with Gasteiger partial charge in [0, 0.05) is 12.2 Å². The third-order valence-electron chi connectivity index (χ3n) is 4.48. The minimum Gasteiger partial charge on any atom is -0.423 e. The fraction of sp³-hybridized carbons (Fsp3) is 0.0833. The molecule has 0 aromatic heterocycles. The second-order valence-corrected chi connectivity index (χ2v) is 6.91. The fourth-order valence-electron chi connectivity index (χ4n) is 2.94. The largest absolute Gasteiger partial charge is 0.423 e. The molecule has 34 heavy (non-hydrogen) atoms. The zero-order valence-corrected chi connectivity index (χ0v) is 17.7. The molecule has 2 aromatic rings. The van der Waals surface area contributed by atoms with Crippen LogP contribution in [0.4, 0.5) is 11.4 Å². The van der Waals surface area contributed by atoms with Crippen LogP contribution < -0.4 is 9.47 Å². The van der Waals surface area contributed by atoms with Gasteiger partial charge in [0.15, 0.2) is 0 Å². The number of hydrogen-bond donors (Lipinski definition) is 0. The highest BCUT2D eigenvalue weighted by Gasteiger charge is 2.31. The van der Waals surface area contributed by atoms with E-state index in [0.29, 0.717) is 5.56 Å². The van der Waals surface area contributed by atoms with Crippen molar-refractivity contribution in [1.29, 1.82) is 0 Å². The first-order valence-electron chi connectivity index (χ1n) is 10.0. The summed E-state index contributed by atoms with van der Waals surface area (Å²) in [7, 11) is 0.